The van der Waals surface area contributed by atoms with Gasteiger partial charge in [-0.3, -0.25) is 0 Å². The fraction of sp³-hybridized carbons (Fsp3) is 0.500. The molecule has 0 radical (unpaired) electrons. The third kappa shape index (κ3) is 4.79. The summed E-state index contributed by atoms with van der Waals surface area (Å²) in [5.74, 6) is -0.103. The van der Waals surface area contributed by atoms with Crippen LogP contribution in [0.15, 0.2) is 18.2 Å². The minimum Gasteiger partial charge on any atom is -0.490 e. The molecule has 0 saturated heterocycles. The van der Waals surface area contributed by atoms with Gasteiger partial charge in [0, 0.05) is 5.69 Å². The van der Waals surface area contributed by atoms with E-state index in [1.54, 1.807) is 18.2 Å². The monoisotopic (exact) mass is 267 g/mol. The molecule has 0 unspecified atom stereocenters. The van der Waals surface area contributed by atoms with E-state index < -0.39 is 5.97 Å². The van der Waals surface area contributed by atoms with Crippen LogP contribution >= 0.6 is 0 Å². The van der Waals surface area contributed by atoms with Gasteiger partial charge in [0.25, 0.3) is 0 Å². The van der Waals surface area contributed by atoms with Crippen LogP contribution in [0.2, 0.25) is 0 Å². The summed E-state index contributed by atoms with van der Waals surface area (Å²) in [6, 6.07) is 5.03. The third-order valence-electron chi connectivity index (χ3n) is 2.32. The topological polar surface area (TPSA) is 70.8 Å². The van der Waals surface area contributed by atoms with Gasteiger partial charge in [0.15, 0.2) is 0 Å². The molecule has 0 spiro atoms. The second kappa shape index (κ2) is 6.43. The lowest BCUT2D eigenvalue weighted by Gasteiger charge is -2.20. The lowest BCUT2D eigenvalue weighted by Crippen LogP contribution is -2.22. The van der Waals surface area contributed by atoms with Gasteiger partial charge < -0.3 is 19.9 Å². The maximum Gasteiger partial charge on any atom is 0.343 e. The SMILES string of the molecule is COC(=O)c1c(N)cccc1OCCOC(C)(C)C. The average Bonchev–Trinajstić information content (AvgIpc) is 2.33. The number of carbonyl (C=O) groups excluding carboxylic acids is 1. The van der Waals surface area contributed by atoms with Gasteiger partial charge in [0.1, 0.15) is 17.9 Å². The van der Waals surface area contributed by atoms with Gasteiger partial charge in [-0.2, -0.15) is 0 Å². The molecule has 1 aromatic rings. The Morgan fingerprint density at radius 1 is 1.26 bits per heavy atom. The normalized spacial score (nSPS) is 11.2. The molecular formula is C14H21NO4. The summed E-state index contributed by atoms with van der Waals surface area (Å²) in [4.78, 5) is 11.6. The number of nitrogens with two attached hydrogens (primary N) is 1. The zero-order chi connectivity index (χ0) is 14.5. The van der Waals surface area contributed by atoms with Crippen LogP contribution in [-0.4, -0.2) is 31.9 Å². The summed E-state index contributed by atoms with van der Waals surface area (Å²) < 4.78 is 15.8. The number of ether oxygens (including phenoxy) is 3. The number of hydrogen-bond donors (Lipinski definition) is 1. The third-order valence-corrected chi connectivity index (χ3v) is 2.32. The molecule has 0 aliphatic rings. The number of esters is 1. The summed E-state index contributed by atoms with van der Waals surface area (Å²) in [7, 11) is 1.31. The van der Waals surface area contributed by atoms with Gasteiger partial charge in [-0.05, 0) is 32.9 Å². The second-order valence-electron chi connectivity index (χ2n) is 5.02. The van der Waals surface area contributed by atoms with E-state index in [0.717, 1.165) is 0 Å². The van der Waals surface area contributed by atoms with Crippen molar-refractivity contribution in [2.45, 2.75) is 26.4 Å². The van der Waals surface area contributed by atoms with Crippen LogP contribution in [0, 0.1) is 0 Å². The smallest absolute Gasteiger partial charge is 0.343 e. The summed E-state index contributed by atoms with van der Waals surface area (Å²) >= 11 is 0. The first-order valence-corrected chi connectivity index (χ1v) is 6.08. The highest BCUT2D eigenvalue weighted by Crippen LogP contribution is 2.25. The lowest BCUT2D eigenvalue weighted by atomic mass is 10.1. The van der Waals surface area contributed by atoms with E-state index in [1.165, 1.54) is 7.11 Å². The molecule has 1 rings (SSSR count). The standard InChI is InChI=1S/C14H21NO4/c1-14(2,3)19-9-8-18-11-7-5-6-10(15)12(11)13(16)17-4/h5-7H,8-9,15H2,1-4H3. The predicted molar refractivity (Wildman–Crippen MR) is 73.4 cm³/mol. The Kier molecular flexibility index (Phi) is 5.18. The van der Waals surface area contributed by atoms with Crippen molar-refractivity contribution in [3.8, 4) is 5.75 Å². The van der Waals surface area contributed by atoms with Gasteiger partial charge in [-0.25, -0.2) is 4.79 Å². The number of anilines is 1. The molecule has 0 fully saturated rings. The van der Waals surface area contributed by atoms with Crippen LogP contribution in [0.4, 0.5) is 5.69 Å². The first kappa shape index (κ1) is 15.3. The minimum atomic E-state index is -0.509. The number of methoxy groups -OCH3 is 1. The molecule has 0 bridgehead atoms. The molecule has 5 nitrogen and oxygen atoms in total. The quantitative estimate of drug-likeness (QED) is 0.503. The maximum atomic E-state index is 11.6. The van der Waals surface area contributed by atoms with Gasteiger partial charge in [-0.1, -0.05) is 6.07 Å². The van der Waals surface area contributed by atoms with Gasteiger partial charge in [0.2, 0.25) is 0 Å². The molecule has 106 valence electrons. The van der Waals surface area contributed by atoms with Gasteiger partial charge in [-0.15, -0.1) is 0 Å². The number of rotatable bonds is 5. The summed E-state index contributed by atoms with van der Waals surface area (Å²) in [5.41, 5.74) is 6.13. The van der Waals surface area contributed by atoms with Crippen LogP contribution < -0.4 is 10.5 Å². The Morgan fingerprint density at radius 2 is 1.95 bits per heavy atom. The van der Waals surface area contributed by atoms with E-state index in [2.05, 4.69) is 4.74 Å². The summed E-state index contributed by atoms with van der Waals surface area (Å²) in [5, 5.41) is 0. The van der Waals surface area contributed by atoms with Gasteiger partial charge in [0.05, 0.1) is 19.3 Å². The van der Waals surface area contributed by atoms with Crippen molar-refractivity contribution in [3.63, 3.8) is 0 Å². The molecular weight excluding hydrogens is 246 g/mol. The molecule has 0 aliphatic carbocycles. The van der Waals surface area contributed by atoms with E-state index in [9.17, 15) is 4.79 Å². The highest BCUT2D eigenvalue weighted by molar-refractivity contribution is 5.98. The van der Waals surface area contributed by atoms with Crippen LogP contribution in [0.3, 0.4) is 0 Å². The molecule has 0 heterocycles. The highest BCUT2D eigenvalue weighted by atomic mass is 16.5. The molecule has 0 atom stereocenters. The van der Waals surface area contributed by atoms with E-state index in [4.69, 9.17) is 15.2 Å². The summed E-state index contributed by atoms with van der Waals surface area (Å²) in [6.07, 6.45) is 0. The average molecular weight is 267 g/mol. The molecule has 19 heavy (non-hydrogen) atoms. The molecule has 5 heteroatoms. The number of nitrogen functional groups attached to an aromatic ring is 1. The van der Waals surface area contributed by atoms with E-state index in [-0.39, 0.29) is 11.2 Å². The largest absolute Gasteiger partial charge is 0.490 e. The van der Waals surface area contributed by atoms with Crippen molar-refractivity contribution in [2.24, 2.45) is 0 Å². The van der Waals surface area contributed by atoms with Crippen LogP contribution in [0.25, 0.3) is 0 Å². The fourth-order valence-corrected chi connectivity index (χ4v) is 1.49. The van der Waals surface area contributed by atoms with Crippen molar-refractivity contribution in [1.82, 2.24) is 0 Å². The Balaban J connectivity index is 2.68. The number of carbonyl (C=O) groups is 1. The van der Waals surface area contributed by atoms with E-state index >= 15 is 0 Å². The van der Waals surface area contributed by atoms with Crippen molar-refractivity contribution >= 4 is 11.7 Å². The first-order valence-electron chi connectivity index (χ1n) is 6.08. The Hall–Kier alpha value is -1.75. The zero-order valence-corrected chi connectivity index (χ0v) is 11.9. The lowest BCUT2D eigenvalue weighted by molar-refractivity contribution is -0.0164. The van der Waals surface area contributed by atoms with E-state index in [1.807, 2.05) is 20.8 Å². The maximum absolute atomic E-state index is 11.6. The summed E-state index contributed by atoms with van der Waals surface area (Å²) in [6.45, 7) is 6.66. The molecule has 0 amide bonds. The molecule has 2 N–H and O–H groups in total. The highest BCUT2D eigenvalue weighted by Gasteiger charge is 2.17. The number of benzene rings is 1. The van der Waals surface area contributed by atoms with Crippen molar-refractivity contribution in [1.29, 1.82) is 0 Å². The Labute approximate surface area is 113 Å². The molecule has 0 aliphatic heterocycles. The molecule has 0 aromatic heterocycles. The molecule has 1 aromatic carbocycles. The molecule has 0 saturated carbocycles. The first-order chi connectivity index (χ1) is 8.85. The van der Waals surface area contributed by atoms with Crippen LogP contribution in [-0.2, 0) is 9.47 Å². The van der Waals surface area contributed by atoms with Crippen molar-refractivity contribution in [3.05, 3.63) is 23.8 Å². The minimum absolute atomic E-state index is 0.218. The fourth-order valence-electron chi connectivity index (χ4n) is 1.49. The van der Waals surface area contributed by atoms with Crippen molar-refractivity contribution < 1.29 is 19.0 Å². The van der Waals surface area contributed by atoms with Crippen molar-refractivity contribution in [2.75, 3.05) is 26.1 Å². The Bertz CT molecular complexity index is 438. The van der Waals surface area contributed by atoms with E-state index in [0.29, 0.717) is 24.7 Å². The van der Waals surface area contributed by atoms with Crippen LogP contribution in [0.5, 0.6) is 5.75 Å². The van der Waals surface area contributed by atoms with Crippen LogP contribution in [0.1, 0.15) is 31.1 Å². The Morgan fingerprint density at radius 3 is 2.53 bits per heavy atom. The second-order valence-corrected chi connectivity index (χ2v) is 5.02. The zero-order valence-electron chi connectivity index (χ0n) is 11.9. The number of hydrogen-bond acceptors (Lipinski definition) is 5. The van der Waals surface area contributed by atoms with Gasteiger partial charge >= 0.3 is 5.97 Å². The predicted octanol–water partition coefficient (Wildman–Crippen LogP) is 2.25.